The van der Waals surface area contributed by atoms with Crippen LogP contribution in [0, 0.1) is 31.6 Å². The Kier molecular flexibility index (Phi) is 7.98. The number of benzene rings is 1. The van der Waals surface area contributed by atoms with E-state index in [2.05, 4.69) is 6.08 Å². The fourth-order valence-electron chi connectivity index (χ4n) is 6.80. The quantitative estimate of drug-likeness (QED) is 0.435. The number of rotatable bonds is 5. The van der Waals surface area contributed by atoms with Crippen LogP contribution in [0.5, 0.6) is 0 Å². The first-order valence-electron chi connectivity index (χ1n) is 14.2. The van der Waals surface area contributed by atoms with Crippen molar-refractivity contribution in [1.29, 1.82) is 0 Å². The van der Waals surface area contributed by atoms with Crippen LogP contribution in [0.4, 0.5) is 5.69 Å². The van der Waals surface area contributed by atoms with Crippen molar-refractivity contribution in [2.75, 3.05) is 24.7 Å². The van der Waals surface area contributed by atoms with Crippen LogP contribution in [0.3, 0.4) is 0 Å². The summed E-state index contributed by atoms with van der Waals surface area (Å²) in [6, 6.07) is 4.69. The number of hydrogen-bond donors (Lipinski definition) is 1. The zero-order valence-electron chi connectivity index (χ0n) is 23.3. The van der Waals surface area contributed by atoms with Crippen LogP contribution in [0.15, 0.2) is 42.5 Å². The summed E-state index contributed by atoms with van der Waals surface area (Å²) in [7, 11) is 0. The second-order valence-electron chi connectivity index (χ2n) is 11.8. The van der Waals surface area contributed by atoms with E-state index < -0.39 is 28.7 Å². The molecule has 0 aliphatic carbocycles. The van der Waals surface area contributed by atoms with Crippen molar-refractivity contribution in [3.63, 3.8) is 0 Å². The first-order chi connectivity index (χ1) is 18.7. The average Bonchev–Trinajstić information content (AvgIpc) is 3.29. The number of thioether (sulfide) groups is 1. The summed E-state index contributed by atoms with van der Waals surface area (Å²) in [4.78, 5) is 46.1. The first-order valence-corrected chi connectivity index (χ1v) is 15.1. The van der Waals surface area contributed by atoms with Crippen molar-refractivity contribution in [3.8, 4) is 0 Å². The maximum atomic E-state index is 14.7. The van der Waals surface area contributed by atoms with Crippen molar-refractivity contribution in [1.82, 2.24) is 4.90 Å². The number of nitrogens with zero attached hydrogens (tertiary/aromatic N) is 2. The predicted molar refractivity (Wildman–Crippen MR) is 153 cm³/mol. The van der Waals surface area contributed by atoms with Crippen LogP contribution in [-0.4, -0.2) is 69.6 Å². The molecule has 2 fully saturated rings. The van der Waals surface area contributed by atoms with E-state index >= 15 is 0 Å². The third-order valence-electron chi connectivity index (χ3n) is 8.54. The molecule has 1 aromatic rings. The number of carbonyl (C=O) groups is 3. The lowest BCUT2D eigenvalue weighted by atomic mass is 9.78. The van der Waals surface area contributed by atoms with Crippen LogP contribution in [-0.2, 0) is 19.1 Å². The van der Waals surface area contributed by atoms with E-state index in [0.29, 0.717) is 19.6 Å². The average molecular weight is 553 g/mol. The molecule has 1 spiro atoms. The molecule has 1 unspecified atom stereocenters. The summed E-state index contributed by atoms with van der Waals surface area (Å²) in [5.41, 5.74) is 2.85. The molecule has 0 bridgehead atoms. The third kappa shape index (κ3) is 4.84. The van der Waals surface area contributed by atoms with Crippen molar-refractivity contribution < 1.29 is 24.2 Å². The Hall–Kier alpha value is -2.58. The van der Waals surface area contributed by atoms with Crippen LogP contribution in [0.25, 0.3) is 0 Å². The Morgan fingerprint density at radius 1 is 1.13 bits per heavy atom. The number of allylic oxidation sites excluding steroid dienone is 1. The summed E-state index contributed by atoms with van der Waals surface area (Å²) in [5.74, 6) is -1.99. The second-order valence-corrected chi connectivity index (χ2v) is 13.3. The first kappa shape index (κ1) is 28.0. The van der Waals surface area contributed by atoms with Crippen molar-refractivity contribution in [2.24, 2.45) is 17.8 Å². The van der Waals surface area contributed by atoms with E-state index in [1.165, 1.54) is 0 Å². The molecule has 2 saturated heterocycles. The van der Waals surface area contributed by atoms with E-state index in [1.54, 1.807) is 21.6 Å². The number of esters is 1. The minimum Gasteiger partial charge on any atom is -0.465 e. The molecule has 7 nitrogen and oxygen atoms in total. The summed E-state index contributed by atoms with van der Waals surface area (Å²) in [6.45, 7) is 8.55. The van der Waals surface area contributed by atoms with Gasteiger partial charge in [0.25, 0.3) is 5.91 Å². The number of aliphatic hydroxyl groups excluding tert-OH is 1. The van der Waals surface area contributed by atoms with Crippen LogP contribution >= 0.6 is 11.8 Å². The maximum absolute atomic E-state index is 14.7. The van der Waals surface area contributed by atoms with E-state index in [0.717, 1.165) is 36.1 Å². The fourth-order valence-corrected chi connectivity index (χ4v) is 8.78. The predicted octanol–water partition coefficient (Wildman–Crippen LogP) is 4.19. The number of anilines is 1. The number of ether oxygens (including phenoxy) is 1. The molecule has 0 radical (unpaired) electrons. The van der Waals surface area contributed by atoms with Gasteiger partial charge in [-0.15, -0.1) is 11.8 Å². The molecule has 1 aromatic carbocycles. The number of cyclic esters (lactones) is 1. The van der Waals surface area contributed by atoms with Crippen molar-refractivity contribution in [2.45, 2.75) is 75.5 Å². The van der Waals surface area contributed by atoms with Gasteiger partial charge in [-0.2, -0.15) is 0 Å². The van der Waals surface area contributed by atoms with Gasteiger partial charge in [0.1, 0.15) is 6.04 Å². The largest absolute Gasteiger partial charge is 0.465 e. The van der Waals surface area contributed by atoms with Gasteiger partial charge in [-0.05, 0) is 62.6 Å². The SMILES string of the molecule is Cc1ccc(C)c(N2CC=C[C@]34S[C@H]5/C=C\CCCCOC(=O)[C@H]5[C@H]3C(=O)N([C@@H](CO)CC(C)C)C4C2=O)c1. The molecule has 39 heavy (non-hydrogen) atoms. The van der Waals surface area contributed by atoms with Gasteiger partial charge >= 0.3 is 5.97 Å². The van der Waals surface area contributed by atoms with Crippen molar-refractivity contribution in [3.05, 3.63) is 53.6 Å². The summed E-state index contributed by atoms with van der Waals surface area (Å²) in [5, 5.41) is 10.2. The lowest BCUT2D eigenvalue weighted by Gasteiger charge is -2.39. The number of fused-ring (bicyclic) bond motifs is 2. The van der Waals surface area contributed by atoms with Crippen LogP contribution in [0.2, 0.25) is 0 Å². The Morgan fingerprint density at radius 3 is 2.67 bits per heavy atom. The molecule has 0 saturated carbocycles. The molecular formula is C31H40N2O5S. The van der Waals surface area contributed by atoms with Gasteiger partial charge in [0.05, 0.1) is 35.8 Å². The molecular weight excluding hydrogens is 512 g/mol. The van der Waals surface area contributed by atoms with Gasteiger partial charge in [0, 0.05) is 17.5 Å². The highest BCUT2D eigenvalue weighted by Gasteiger charge is 2.71. The Bertz CT molecular complexity index is 1200. The molecule has 6 atom stereocenters. The highest BCUT2D eigenvalue weighted by Crippen LogP contribution is 2.61. The van der Waals surface area contributed by atoms with Gasteiger partial charge in [-0.1, -0.05) is 50.3 Å². The van der Waals surface area contributed by atoms with Crippen molar-refractivity contribution >= 4 is 35.2 Å². The monoisotopic (exact) mass is 552 g/mol. The number of hydrogen-bond acceptors (Lipinski definition) is 6. The molecule has 2 amide bonds. The Morgan fingerprint density at radius 2 is 1.92 bits per heavy atom. The smallest absolute Gasteiger partial charge is 0.311 e. The second kappa shape index (κ2) is 11.1. The molecule has 5 rings (SSSR count). The summed E-state index contributed by atoms with van der Waals surface area (Å²) < 4.78 is 4.77. The van der Waals surface area contributed by atoms with Gasteiger partial charge in [0.15, 0.2) is 0 Å². The van der Waals surface area contributed by atoms with Crippen LogP contribution < -0.4 is 4.90 Å². The Labute approximate surface area is 235 Å². The molecule has 4 aliphatic heterocycles. The zero-order chi connectivity index (χ0) is 27.9. The number of aryl methyl sites for hydroxylation is 2. The summed E-state index contributed by atoms with van der Waals surface area (Å²) in [6.07, 6.45) is 11.3. The number of aliphatic hydroxyl groups is 1. The number of amides is 2. The summed E-state index contributed by atoms with van der Waals surface area (Å²) >= 11 is 1.55. The van der Waals surface area contributed by atoms with E-state index in [4.69, 9.17) is 4.74 Å². The van der Waals surface area contributed by atoms with Crippen LogP contribution in [0.1, 0.15) is 50.7 Å². The van der Waals surface area contributed by atoms with Gasteiger partial charge in [-0.3, -0.25) is 14.4 Å². The van der Waals surface area contributed by atoms with E-state index in [9.17, 15) is 19.5 Å². The molecule has 8 heteroatoms. The minimum atomic E-state index is -0.933. The molecule has 210 valence electrons. The Balaban J connectivity index is 1.66. The lowest BCUT2D eigenvalue weighted by Crippen LogP contribution is -2.57. The van der Waals surface area contributed by atoms with Gasteiger partial charge in [-0.25, -0.2) is 0 Å². The highest BCUT2D eigenvalue weighted by molar-refractivity contribution is 8.02. The highest BCUT2D eigenvalue weighted by atomic mass is 32.2. The lowest BCUT2D eigenvalue weighted by molar-refractivity contribution is -0.153. The van der Waals surface area contributed by atoms with E-state index in [1.807, 2.05) is 64.1 Å². The topological polar surface area (TPSA) is 87.2 Å². The van der Waals surface area contributed by atoms with Gasteiger partial charge < -0.3 is 19.6 Å². The molecule has 4 aliphatic rings. The maximum Gasteiger partial charge on any atom is 0.311 e. The number of likely N-dealkylation sites (tertiary alicyclic amines) is 1. The molecule has 1 N–H and O–H groups in total. The van der Waals surface area contributed by atoms with E-state index in [-0.39, 0.29) is 35.6 Å². The minimum absolute atomic E-state index is 0.166. The standard InChI is InChI=1S/C31H40N2O5S/c1-19(2)16-22(18-34)33-27-29(36)32(23-17-20(3)11-12-21(23)4)14-9-13-31(27)26(28(33)35)25-24(39-31)10-7-5-6-8-15-38-30(25)37/h7,9-13,17,19,22,24-27,34H,5-6,8,14-16,18H2,1-4H3/b10-7-/t22-,24+,25-,26+,27?,31+/m1/s1. The normalized spacial score (nSPS) is 32.4. The number of carbonyl (C=O) groups excluding carboxylic acids is 3. The zero-order valence-corrected chi connectivity index (χ0v) is 24.2. The van der Waals surface area contributed by atoms with Gasteiger partial charge in [0.2, 0.25) is 5.91 Å². The molecule has 0 aromatic heterocycles. The fraction of sp³-hybridized carbons (Fsp3) is 0.581. The third-order valence-corrected chi connectivity index (χ3v) is 10.3. The molecule has 4 heterocycles.